The topological polar surface area (TPSA) is 98.3 Å². The summed E-state index contributed by atoms with van der Waals surface area (Å²) in [5, 5.41) is 12.4. The average Bonchev–Trinajstić information content (AvgIpc) is 2.20. The van der Waals surface area contributed by atoms with E-state index in [1.54, 1.807) is 0 Å². The number of non-ortho nitro benzene ring substituents is 1. The van der Waals surface area contributed by atoms with Crippen molar-refractivity contribution in [1.82, 2.24) is 0 Å². The first-order chi connectivity index (χ1) is 7.04. The van der Waals surface area contributed by atoms with Crippen LogP contribution in [0.25, 0.3) is 0 Å². The molecule has 1 rings (SSSR count). The van der Waals surface area contributed by atoms with Gasteiger partial charge in [0.2, 0.25) is 5.91 Å². The highest BCUT2D eigenvalue weighted by atomic mass is 19.1. The predicted octanol–water partition coefficient (Wildman–Crippen LogP) is 0.631. The molecule has 0 bridgehead atoms. The van der Waals surface area contributed by atoms with E-state index in [4.69, 9.17) is 5.73 Å². The maximum Gasteiger partial charge on any atom is 0.272 e. The molecular formula is C8H8FN3O3. The van der Waals surface area contributed by atoms with Crippen molar-refractivity contribution in [2.24, 2.45) is 5.73 Å². The van der Waals surface area contributed by atoms with E-state index in [2.05, 4.69) is 5.32 Å². The van der Waals surface area contributed by atoms with Crippen LogP contribution in [0.1, 0.15) is 0 Å². The molecule has 0 aromatic heterocycles. The molecule has 1 aromatic rings. The van der Waals surface area contributed by atoms with Crippen molar-refractivity contribution in [2.75, 3.05) is 11.9 Å². The Morgan fingerprint density at radius 3 is 2.73 bits per heavy atom. The maximum absolute atomic E-state index is 13.1. The van der Waals surface area contributed by atoms with Crippen LogP contribution in [0.2, 0.25) is 0 Å². The van der Waals surface area contributed by atoms with Gasteiger partial charge in [0.25, 0.3) is 5.69 Å². The Morgan fingerprint density at radius 2 is 2.27 bits per heavy atom. The van der Waals surface area contributed by atoms with Gasteiger partial charge < -0.3 is 11.1 Å². The number of hydrogen-bond donors (Lipinski definition) is 2. The third-order valence-electron chi connectivity index (χ3n) is 1.62. The van der Waals surface area contributed by atoms with Gasteiger partial charge in [-0.2, -0.15) is 0 Å². The van der Waals surface area contributed by atoms with Crippen LogP contribution in [0.5, 0.6) is 0 Å². The van der Waals surface area contributed by atoms with Crippen molar-refractivity contribution in [3.05, 3.63) is 34.1 Å². The minimum Gasteiger partial charge on any atom is -0.322 e. The zero-order chi connectivity index (χ0) is 11.4. The molecule has 0 aliphatic heterocycles. The van der Waals surface area contributed by atoms with Crippen LogP contribution in [0.15, 0.2) is 18.2 Å². The van der Waals surface area contributed by atoms with E-state index in [9.17, 15) is 19.3 Å². The minimum atomic E-state index is -0.869. The highest BCUT2D eigenvalue weighted by Gasteiger charge is 2.11. The largest absolute Gasteiger partial charge is 0.322 e. The summed E-state index contributed by atoms with van der Waals surface area (Å²) in [6.07, 6.45) is 0. The SMILES string of the molecule is NCC(=O)Nc1ccc([N+](=O)[O-])cc1F. The Balaban J connectivity index is 2.93. The molecule has 0 aliphatic rings. The number of benzene rings is 1. The minimum absolute atomic E-state index is 0.129. The van der Waals surface area contributed by atoms with Gasteiger partial charge >= 0.3 is 0 Å². The van der Waals surface area contributed by atoms with Crippen LogP contribution in [-0.4, -0.2) is 17.4 Å². The molecule has 0 aliphatic carbocycles. The van der Waals surface area contributed by atoms with E-state index in [0.29, 0.717) is 0 Å². The number of amides is 1. The number of nitrogens with two attached hydrogens (primary N) is 1. The Kier molecular flexibility index (Phi) is 3.29. The second kappa shape index (κ2) is 4.47. The molecule has 0 radical (unpaired) electrons. The molecule has 0 atom stereocenters. The van der Waals surface area contributed by atoms with Gasteiger partial charge in [-0.3, -0.25) is 14.9 Å². The summed E-state index contributed by atoms with van der Waals surface area (Å²) in [7, 11) is 0. The Bertz CT molecular complexity index is 408. The lowest BCUT2D eigenvalue weighted by molar-refractivity contribution is -0.385. The first kappa shape index (κ1) is 11.1. The third-order valence-corrected chi connectivity index (χ3v) is 1.62. The molecule has 0 fully saturated rings. The number of carbonyl (C=O) groups is 1. The van der Waals surface area contributed by atoms with Crippen LogP contribution in [0.4, 0.5) is 15.8 Å². The zero-order valence-electron chi connectivity index (χ0n) is 7.57. The van der Waals surface area contributed by atoms with Crippen molar-refractivity contribution in [1.29, 1.82) is 0 Å². The Hall–Kier alpha value is -2.02. The quantitative estimate of drug-likeness (QED) is 0.568. The standard InChI is InChI=1S/C8H8FN3O3/c9-6-3-5(12(14)15)1-2-7(6)11-8(13)4-10/h1-3H,4,10H2,(H,11,13). The lowest BCUT2D eigenvalue weighted by Gasteiger charge is -2.03. The summed E-state index contributed by atoms with van der Waals surface area (Å²) in [6.45, 7) is -0.281. The second-order valence-corrected chi connectivity index (χ2v) is 2.67. The molecular weight excluding hydrogens is 205 g/mol. The molecule has 0 heterocycles. The lowest BCUT2D eigenvalue weighted by atomic mass is 10.2. The second-order valence-electron chi connectivity index (χ2n) is 2.67. The van der Waals surface area contributed by atoms with Crippen molar-refractivity contribution in [3.63, 3.8) is 0 Å². The van der Waals surface area contributed by atoms with Crippen molar-refractivity contribution in [2.45, 2.75) is 0 Å². The fourth-order valence-corrected chi connectivity index (χ4v) is 0.920. The van der Waals surface area contributed by atoms with Crippen molar-refractivity contribution >= 4 is 17.3 Å². The fraction of sp³-hybridized carbons (Fsp3) is 0.125. The average molecular weight is 213 g/mol. The lowest BCUT2D eigenvalue weighted by Crippen LogP contribution is -2.22. The summed E-state index contributed by atoms with van der Waals surface area (Å²) in [6, 6.07) is 2.93. The van der Waals surface area contributed by atoms with E-state index < -0.39 is 16.6 Å². The number of anilines is 1. The normalized spacial score (nSPS) is 9.73. The van der Waals surface area contributed by atoms with Crippen LogP contribution in [-0.2, 0) is 4.79 Å². The van der Waals surface area contributed by atoms with E-state index >= 15 is 0 Å². The van der Waals surface area contributed by atoms with Gasteiger partial charge in [-0.15, -0.1) is 0 Å². The maximum atomic E-state index is 13.1. The molecule has 0 unspecified atom stereocenters. The van der Waals surface area contributed by atoms with E-state index in [1.807, 2.05) is 0 Å². The van der Waals surface area contributed by atoms with Crippen molar-refractivity contribution < 1.29 is 14.1 Å². The monoisotopic (exact) mass is 213 g/mol. The number of nitrogens with one attached hydrogen (secondary N) is 1. The highest BCUT2D eigenvalue weighted by molar-refractivity contribution is 5.92. The first-order valence-electron chi connectivity index (χ1n) is 3.98. The van der Waals surface area contributed by atoms with Crippen LogP contribution in [0.3, 0.4) is 0 Å². The van der Waals surface area contributed by atoms with E-state index in [0.717, 1.165) is 18.2 Å². The molecule has 80 valence electrons. The van der Waals surface area contributed by atoms with E-state index in [1.165, 1.54) is 0 Å². The number of nitrogens with zero attached hydrogens (tertiary/aromatic N) is 1. The number of carbonyl (C=O) groups excluding carboxylic acids is 1. The molecule has 7 heteroatoms. The summed E-state index contributed by atoms with van der Waals surface area (Å²) in [5.74, 6) is -1.44. The van der Waals surface area contributed by atoms with Gasteiger partial charge in [0, 0.05) is 6.07 Å². The van der Waals surface area contributed by atoms with E-state index in [-0.39, 0.29) is 17.9 Å². The third kappa shape index (κ3) is 2.71. The zero-order valence-corrected chi connectivity index (χ0v) is 7.57. The van der Waals surface area contributed by atoms with Crippen LogP contribution < -0.4 is 11.1 Å². The molecule has 1 amide bonds. The summed E-state index contributed by atoms with van der Waals surface area (Å²) in [5.41, 5.74) is 4.50. The molecule has 0 saturated heterocycles. The molecule has 0 spiro atoms. The molecule has 15 heavy (non-hydrogen) atoms. The number of hydrogen-bond acceptors (Lipinski definition) is 4. The first-order valence-corrected chi connectivity index (χ1v) is 3.98. The van der Waals surface area contributed by atoms with Gasteiger partial charge in [0.05, 0.1) is 23.2 Å². The number of nitro groups is 1. The fourth-order valence-electron chi connectivity index (χ4n) is 0.920. The van der Waals surface area contributed by atoms with Gasteiger partial charge in [0.15, 0.2) is 5.82 Å². The van der Waals surface area contributed by atoms with Crippen LogP contribution in [0, 0.1) is 15.9 Å². The Morgan fingerprint density at radius 1 is 1.60 bits per heavy atom. The Labute approximate surface area is 84.0 Å². The summed E-state index contributed by atoms with van der Waals surface area (Å²) < 4.78 is 13.1. The molecule has 0 saturated carbocycles. The van der Waals surface area contributed by atoms with Gasteiger partial charge in [0.1, 0.15) is 0 Å². The molecule has 6 nitrogen and oxygen atoms in total. The number of halogens is 1. The van der Waals surface area contributed by atoms with Gasteiger partial charge in [-0.25, -0.2) is 4.39 Å². The molecule has 1 aromatic carbocycles. The van der Waals surface area contributed by atoms with Crippen molar-refractivity contribution in [3.8, 4) is 0 Å². The number of nitro benzene ring substituents is 1. The van der Waals surface area contributed by atoms with Gasteiger partial charge in [-0.1, -0.05) is 0 Å². The summed E-state index contributed by atoms with van der Waals surface area (Å²) >= 11 is 0. The smallest absolute Gasteiger partial charge is 0.272 e. The van der Waals surface area contributed by atoms with Gasteiger partial charge in [-0.05, 0) is 6.07 Å². The molecule has 3 N–H and O–H groups in total. The predicted molar refractivity (Wildman–Crippen MR) is 50.7 cm³/mol. The highest BCUT2D eigenvalue weighted by Crippen LogP contribution is 2.20. The summed E-state index contributed by atoms with van der Waals surface area (Å²) in [4.78, 5) is 20.4. The number of rotatable bonds is 3. The van der Waals surface area contributed by atoms with Crippen LogP contribution >= 0.6 is 0 Å².